The first kappa shape index (κ1) is 16.9. The fourth-order valence-electron chi connectivity index (χ4n) is 1.92. The minimum Gasteiger partial charge on any atom is -0.467 e. The number of aliphatic hydroxyl groups is 1. The molecule has 1 aromatic rings. The minimum absolute atomic E-state index is 0.0519. The molecule has 11 heteroatoms. The van der Waals surface area contributed by atoms with E-state index in [0.29, 0.717) is 6.42 Å². The molecule has 1 aliphatic heterocycles. The number of aliphatic hydroxyl groups excluding tert-OH is 1. The Morgan fingerprint density at radius 1 is 1.64 bits per heavy atom. The molecule has 0 aromatic carbocycles. The maximum Gasteiger partial charge on any atom is 0.377 e. The second-order valence-electron chi connectivity index (χ2n) is 4.38. The first-order valence-electron chi connectivity index (χ1n) is 6.29. The number of allylic oxidation sites excluding steroid dienone is 1. The highest BCUT2D eigenvalue weighted by Gasteiger charge is 2.40. The van der Waals surface area contributed by atoms with Crippen molar-refractivity contribution in [2.45, 2.75) is 25.7 Å². The van der Waals surface area contributed by atoms with Gasteiger partial charge in [-0.15, -0.1) is 0 Å². The van der Waals surface area contributed by atoms with Crippen molar-refractivity contribution in [2.75, 3.05) is 12.8 Å². The van der Waals surface area contributed by atoms with Crippen LogP contribution >= 0.6 is 6.72 Å². The lowest BCUT2D eigenvalue weighted by molar-refractivity contribution is -0.0121. The van der Waals surface area contributed by atoms with Crippen LogP contribution in [-0.4, -0.2) is 32.8 Å². The second kappa shape index (κ2) is 6.35. The van der Waals surface area contributed by atoms with Crippen LogP contribution in [-0.2, 0) is 25.6 Å². The zero-order valence-corrected chi connectivity index (χ0v) is 13.6. The lowest BCUT2D eigenvalue weighted by atomic mass is 10.2. The molecule has 4 N–H and O–H groups in total. The fraction of sp³-hybridized carbons (Fsp3) is 0.455. The summed E-state index contributed by atoms with van der Waals surface area (Å²) in [5, 5.41) is 10.3. The number of anilines is 1. The van der Waals surface area contributed by atoms with E-state index in [4.69, 9.17) is 26.8 Å². The van der Waals surface area contributed by atoms with Crippen LogP contribution in [0.3, 0.4) is 0 Å². The van der Waals surface area contributed by atoms with Gasteiger partial charge in [0, 0.05) is 31.5 Å². The van der Waals surface area contributed by atoms with Gasteiger partial charge in [0.15, 0.2) is 11.9 Å². The van der Waals surface area contributed by atoms with Gasteiger partial charge in [0.25, 0.3) is 0 Å². The summed E-state index contributed by atoms with van der Waals surface area (Å²) >= 11 is 4.76. The van der Waals surface area contributed by atoms with E-state index in [0.717, 1.165) is 4.57 Å². The molecule has 0 amide bonds. The smallest absolute Gasteiger partial charge is 0.377 e. The van der Waals surface area contributed by atoms with Gasteiger partial charge in [-0.2, -0.15) is 4.98 Å². The summed E-state index contributed by atoms with van der Waals surface area (Å²) in [6, 6.07) is 1.40. The van der Waals surface area contributed by atoms with E-state index < -0.39 is 24.7 Å². The molecular formula is C11H16N3O6PS. The quantitative estimate of drug-likeness (QED) is 0.639. The van der Waals surface area contributed by atoms with Gasteiger partial charge in [-0.3, -0.25) is 4.57 Å². The first-order valence-corrected chi connectivity index (χ1v) is 8.88. The Hall–Kier alpha value is -1.45. The number of aromatic nitrogens is 2. The standard InChI is InChI=1S/C11H16N3O6PS/c1-3-6-9(20-21(17,22)18-2)8(15)10(19-6)14-5-4-7(12)13-11(14)16/h4-5,8,10,15H,3H2,1-2H3,(H,17,22)(H2,12,13,16)/t8?,10-,21?/m1/s1. The molecule has 2 heterocycles. The molecule has 0 saturated heterocycles. The molecule has 0 fully saturated rings. The average Bonchev–Trinajstić information content (AvgIpc) is 2.76. The maximum absolute atomic E-state index is 11.8. The number of nitrogens with zero attached hydrogens (tertiary/aromatic N) is 2. The number of nitrogen functional groups attached to an aromatic ring is 1. The van der Waals surface area contributed by atoms with Gasteiger partial charge in [0.1, 0.15) is 11.6 Å². The minimum atomic E-state index is -3.54. The SMILES string of the molecule is CCC1=C(OP(O)(=S)OC)C(O)[C@H](n2ccc(N)nc2=O)O1. The summed E-state index contributed by atoms with van der Waals surface area (Å²) in [4.78, 5) is 25.2. The predicted molar refractivity (Wildman–Crippen MR) is 81.0 cm³/mol. The van der Waals surface area contributed by atoms with Crippen LogP contribution in [0, 0.1) is 0 Å². The Labute approximate surface area is 131 Å². The maximum atomic E-state index is 11.8. The number of rotatable bonds is 5. The van der Waals surface area contributed by atoms with E-state index in [-0.39, 0.29) is 17.3 Å². The fourth-order valence-corrected chi connectivity index (χ4v) is 2.69. The molecular weight excluding hydrogens is 333 g/mol. The molecule has 2 unspecified atom stereocenters. The van der Waals surface area contributed by atoms with Crippen molar-refractivity contribution in [1.29, 1.82) is 0 Å². The highest BCUT2D eigenvalue weighted by Crippen LogP contribution is 2.49. The van der Waals surface area contributed by atoms with Crippen molar-refractivity contribution in [1.82, 2.24) is 9.55 Å². The summed E-state index contributed by atoms with van der Waals surface area (Å²) in [7, 11) is 1.20. The Morgan fingerprint density at radius 2 is 2.32 bits per heavy atom. The lowest BCUT2D eigenvalue weighted by Gasteiger charge is -2.20. The van der Waals surface area contributed by atoms with Crippen molar-refractivity contribution in [3.05, 3.63) is 34.3 Å². The van der Waals surface area contributed by atoms with E-state index in [2.05, 4.69) is 9.51 Å². The van der Waals surface area contributed by atoms with Crippen LogP contribution in [0.15, 0.2) is 28.6 Å². The molecule has 0 radical (unpaired) electrons. The van der Waals surface area contributed by atoms with E-state index in [1.807, 2.05) is 0 Å². The van der Waals surface area contributed by atoms with Gasteiger partial charge in [0.2, 0.25) is 6.23 Å². The molecule has 9 nitrogen and oxygen atoms in total. The molecule has 122 valence electrons. The Balaban J connectivity index is 2.34. The zero-order chi connectivity index (χ0) is 16.5. The van der Waals surface area contributed by atoms with Crippen molar-refractivity contribution in [2.24, 2.45) is 0 Å². The summed E-state index contributed by atoms with van der Waals surface area (Å²) in [6.45, 7) is -1.78. The Bertz CT molecular complexity index is 705. The van der Waals surface area contributed by atoms with E-state index >= 15 is 0 Å². The number of nitrogens with two attached hydrogens (primary N) is 1. The van der Waals surface area contributed by atoms with Crippen LogP contribution in [0.4, 0.5) is 5.82 Å². The van der Waals surface area contributed by atoms with Crippen molar-refractivity contribution in [3.8, 4) is 0 Å². The largest absolute Gasteiger partial charge is 0.467 e. The van der Waals surface area contributed by atoms with Crippen LogP contribution in [0.25, 0.3) is 0 Å². The van der Waals surface area contributed by atoms with E-state index in [1.54, 1.807) is 6.92 Å². The summed E-state index contributed by atoms with van der Waals surface area (Å²) in [5.41, 5.74) is 4.74. The third-order valence-electron chi connectivity index (χ3n) is 2.97. The van der Waals surface area contributed by atoms with E-state index in [9.17, 15) is 14.8 Å². The topological polar surface area (TPSA) is 129 Å². The highest BCUT2D eigenvalue weighted by atomic mass is 32.5. The van der Waals surface area contributed by atoms with Crippen molar-refractivity contribution in [3.63, 3.8) is 0 Å². The highest BCUT2D eigenvalue weighted by molar-refractivity contribution is 8.07. The van der Waals surface area contributed by atoms with Gasteiger partial charge in [0.05, 0.1) is 0 Å². The molecule has 0 spiro atoms. The van der Waals surface area contributed by atoms with Crippen LogP contribution in [0.2, 0.25) is 0 Å². The second-order valence-corrected chi connectivity index (χ2v) is 7.25. The van der Waals surface area contributed by atoms with Gasteiger partial charge in [-0.25, -0.2) is 4.79 Å². The zero-order valence-electron chi connectivity index (χ0n) is 11.9. The van der Waals surface area contributed by atoms with Gasteiger partial charge < -0.3 is 29.5 Å². The molecule has 0 aliphatic carbocycles. The predicted octanol–water partition coefficient (Wildman–Crippen LogP) is 0.217. The summed E-state index contributed by atoms with van der Waals surface area (Å²) in [6.07, 6.45) is -0.723. The number of hydrogen-bond donors (Lipinski definition) is 3. The first-order chi connectivity index (χ1) is 10.3. The van der Waals surface area contributed by atoms with Gasteiger partial charge in [-0.1, -0.05) is 6.92 Å². The molecule has 0 saturated carbocycles. The van der Waals surface area contributed by atoms with Crippen molar-refractivity contribution < 1.29 is 23.8 Å². The summed E-state index contributed by atoms with van der Waals surface area (Å²) in [5.74, 6) is 0.268. The van der Waals surface area contributed by atoms with Crippen LogP contribution < -0.4 is 11.4 Å². The van der Waals surface area contributed by atoms with Crippen LogP contribution in [0.5, 0.6) is 0 Å². The lowest BCUT2D eigenvalue weighted by Crippen LogP contribution is -2.33. The van der Waals surface area contributed by atoms with Crippen molar-refractivity contribution >= 4 is 24.3 Å². The van der Waals surface area contributed by atoms with E-state index in [1.165, 1.54) is 19.4 Å². The molecule has 2 rings (SSSR count). The molecule has 1 aliphatic rings. The monoisotopic (exact) mass is 349 g/mol. The molecule has 1 aromatic heterocycles. The summed E-state index contributed by atoms with van der Waals surface area (Å²) < 4.78 is 16.5. The van der Waals surface area contributed by atoms with Gasteiger partial charge in [-0.05, 0) is 6.07 Å². The molecule has 0 bridgehead atoms. The average molecular weight is 349 g/mol. The Kier molecular flexibility index (Phi) is 4.88. The molecule has 22 heavy (non-hydrogen) atoms. The molecule has 3 atom stereocenters. The van der Waals surface area contributed by atoms with Crippen LogP contribution in [0.1, 0.15) is 19.6 Å². The number of hydrogen-bond acceptors (Lipinski definition) is 8. The third kappa shape index (κ3) is 3.31. The third-order valence-corrected chi connectivity index (χ3v) is 4.53. The normalized spacial score (nSPS) is 24.0. The number of ether oxygens (including phenoxy) is 1. The van der Waals surface area contributed by atoms with Gasteiger partial charge >= 0.3 is 12.4 Å². The Morgan fingerprint density at radius 3 is 2.86 bits per heavy atom.